The number of hydrogen-bond donors (Lipinski definition) is 0. The van der Waals surface area contributed by atoms with E-state index in [4.69, 9.17) is 11.6 Å². The van der Waals surface area contributed by atoms with Crippen LogP contribution in [0.3, 0.4) is 0 Å². The molecule has 96 valence electrons. The Labute approximate surface area is 115 Å². The number of nitrogens with zero attached hydrogens (tertiary/aromatic N) is 3. The lowest BCUT2D eigenvalue weighted by atomic mass is 10.0. The molecule has 19 heavy (non-hydrogen) atoms. The Morgan fingerprint density at radius 3 is 2.68 bits per heavy atom. The van der Waals surface area contributed by atoms with Crippen molar-refractivity contribution in [1.82, 2.24) is 4.57 Å². The van der Waals surface area contributed by atoms with E-state index in [0.717, 1.165) is 5.56 Å². The molecule has 2 unspecified atom stereocenters. The van der Waals surface area contributed by atoms with E-state index in [1.165, 1.54) is 0 Å². The molecule has 1 aromatic carbocycles. The van der Waals surface area contributed by atoms with E-state index in [9.17, 15) is 4.79 Å². The number of rotatable bonds is 2. The van der Waals surface area contributed by atoms with Crippen LogP contribution in [0.25, 0.3) is 0 Å². The Balaban J connectivity index is 1.98. The largest absolute Gasteiger partial charge is 0.308 e. The van der Waals surface area contributed by atoms with Gasteiger partial charge in [0.15, 0.2) is 0 Å². The molecule has 0 spiro atoms. The van der Waals surface area contributed by atoms with Crippen LogP contribution in [0.15, 0.2) is 63.7 Å². The van der Waals surface area contributed by atoms with Crippen molar-refractivity contribution in [3.8, 4) is 0 Å². The lowest BCUT2D eigenvalue weighted by Gasteiger charge is -2.19. The number of benzene rings is 1. The maximum absolute atomic E-state index is 11.9. The standard InChI is InChI=1S/C14H12ClN3O/c15-11-6-4-10(5-7-11)14-12(9-16-17-14)18-8-2-1-3-13(18)19/h1-8,12,14H,9H2. The predicted molar refractivity (Wildman–Crippen MR) is 73.7 cm³/mol. The monoisotopic (exact) mass is 273 g/mol. The van der Waals surface area contributed by atoms with E-state index in [1.54, 1.807) is 22.9 Å². The molecule has 2 atom stereocenters. The van der Waals surface area contributed by atoms with Crippen LogP contribution < -0.4 is 5.56 Å². The fourth-order valence-electron chi connectivity index (χ4n) is 2.30. The first kappa shape index (κ1) is 12.1. The molecule has 0 radical (unpaired) electrons. The third kappa shape index (κ3) is 2.31. The highest BCUT2D eigenvalue weighted by Gasteiger charge is 2.29. The van der Waals surface area contributed by atoms with Gasteiger partial charge in [0.25, 0.3) is 5.56 Å². The van der Waals surface area contributed by atoms with Gasteiger partial charge in [0.2, 0.25) is 0 Å². The maximum atomic E-state index is 11.9. The summed E-state index contributed by atoms with van der Waals surface area (Å²) in [7, 11) is 0. The van der Waals surface area contributed by atoms with Crippen molar-refractivity contribution in [3.63, 3.8) is 0 Å². The summed E-state index contributed by atoms with van der Waals surface area (Å²) in [4.78, 5) is 11.9. The van der Waals surface area contributed by atoms with Crippen LogP contribution >= 0.6 is 11.6 Å². The molecule has 0 amide bonds. The van der Waals surface area contributed by atoms with Gasteiger partial charge in [-0.2, -0.15) is 10.2 Å². The summed E-state index contributed by atoms with van der Waals surface area (Å²) >= 11 is 5.89. The van der Waals surface area contributed by atoms with Crippen molar-refractivity contribution in [2.75, 3.05) is 6.54 Å². The Hall–Kier alpha value is -1.94. The average molecular weight is 274 g/mol. The normalized spacial score (nSPS) is 21.7. The highest BCUT2D eigenvalue weighted by atomic mass is 35.5. The third-order valence-corrected chi connectivity index (χ3v) is 3.51. The quantitative estimate of drug-likeness (QED) is 0.828. The number of pyridine rings is 1. The second kappa shape index (κ2) is 4.97. The van der Waals surface area contributed by atoms with E-state index < -0.39 is 0 Å². The molecule has 1 aliphatic heterocycles. The van der Waals surface area contributed by atoms with E-state index in [-0.39, 0.29) is 17.6 Å². The summed E-state index contributed by atoms with van der Waals surface area (Å²) in [5, 5.41) is 9.04. The first-order valence-electron chi connectivity index (χ1n) is 6.05. The van der Waals surface area contributed by atoms with Crippen LogP contribution in [0.4, 0.5) is 0 Å². The lowest BCUT2D eigenvalue weighted by molar-refractivity contribution is 0.463. The zero-order chi connectivity index (χ0) is 13.2. The first-order chi connectivity index (χ1) is 9.25. The minimum atomic E-state index is -0.127. The van der Waals surface area contributed by atoms with Crippen LogP contribution in [0, 0.1) is 0 Å². The maximum Gasteiger partial charge on any atom is 0.250 e. The molecule has 1 aromatic heterocycles. The van der Waals surface area contributed by atoms with Gasteiger partial charge < -0.3 is 4.57 Å². The summed E-state index contributed by atoms with van der Waals surface area (Å²) in [5.74, 6) is 0. The van der Waals surface area contributed by atoms with Gasteiger partial charge in [0.05, 0.1) is 12.6 Å². The fraction of sp³-hybridized carbons (Fsp3) is 0.214. The van der Waals surface area contributed by atoms with Gasteiger partial charge in [-0.25, -0.2) is 0 Å². The molecule has 1 aliphatic rings. The SMILES string of the molecule is O=c1ccccn1C1CN=NC1c1ccc(Cl)cc1. The van der Waals surface area contributed by atoms with Gasteiger partial charge >= 0.3 is 0 Å². The minimum absolute atomic E-state index is 0.0289. The summed E-state index contributed by atoms with van der Waals surface area (Å²) in [6.45, 7) is 0.525. The number of aromatic nitrogens is 1. The zero-order valence-corrected chi connectivity index (χ0v) is 10.9. The third-order valence-electron chi connectivity index (χ3n) is 3.26. The van der Waals surface area contributed by atoms with Crippen LogP contribution in [-0.4, -0.2) is 11.1 Å². The molecule has 3 rings (SSSR count). The van der Waals surface area contributed by atoms with Gasteiger partial charge in [-0.15, -0.1) is 0 Å². The molecule has 4 nitrogen and oxygen atoms in total. The van der Waals surface area contributed by atoms with Crippen LogP contribution in [0.1, 0.15) is 17.6 Å². The van der Waals surface area contributed by atoms with Gasteiger partial charge in [0.1, 0.15) is 6.04 Å². The number of halogens is 1. The molecular formula is C14H12ClN3O. The average Bonchev–Trinajstić information content (AvgIpc) is 2.89. The van der Waals surface area contributed by atoms with Crippen molar-refractivity contribution < 1.29 is 0 Å². The molecule has 0 bridgehead atoms. The Kier molecular flexibility index (Phi) is 3.17. The van der Waals surface area contributed by atoms with Crippen molar-refractivity contribution in [1.29, 1.82) is 0 Å². The first-order valence-corrected chi connectivity index (χ1v) is 6.43. The second-order valence-corrected chi connectivity index (χ2v) is 4.89. The Morgan fingerprint density at radius 1 is 1.16 bits per heavy atom. The lowest BCUT2D eigenvalue weighted by Crippen LogP contribution is -2.26. The summed E-state index contributed by atoms with van der Waals surface area (Å²) < 4.78 is 1.69. The smallest absolute Gasteiger partial charge is 0.250 e. The van der Waals surface area contributed by atoms with Crippen molar-refractivity contribution in [2.24, 2.45) is 10.2 Å². The number of hydrogen-bond acceptors (Lipinski definition) is 3. The second-order valence-electron chi connectivity index (χ2n) is 4.45. The molecule has 0 saturated carbocycles. The van der Waals surface area contributed by atoms with Crippen molar-refractivity contribution >= 4 is 11.6 Å². The van der Waals surface area contributed by atoms with Crippen LogP contribution in [0.2, 0.25) is 5.02 Å². The van der Waals surface area contributed by atoms with Crippen molar-refractivity contribution in [3.05, 3.63) is 69.6 Å². The highest BCUT2D eigenvalue weighted by Crippen LogP contribution is 2.34. The summed E-state index contributed by atoms with van der Waals surface area (Å²) in [6, 6.07) is 12.5. The fourth-order valence-corrected chi connectivity index (χ4v) is 2.42. The molecule has 0 saturated heterocycles. The summed E-state index contributed by atoms with van der Waals surface area (Å²) in [5.41, 5.74) is 0.991. The van der Waals surface area contributed by atoms with Gasteiger partial charge in [0, 0.05) is 17.3 Å². The van der Waals surface area contributed by atoms with Crippen LogP contribution in [-0.2, 0) is 0 Å². The molecule has 0 N–H and O–H groups in total. The molecule has 5 heteroatoms. The predicted octanol–water partition coefficient (Wildman–Crippen LogP) is 3.25. The van der Waals surface area contributed by atoms with Gasteiger partial charge in [-0.05, 0) is 23.8 Å². The Morgan fingerprint density at radius 2 is 1.95 bits per heavy atom. The molecule has 2 heterocycles. The minimum Gasteiger partial charge on any atom is -0.308 e. The van der Waals surface area contributed by atoms with Gasteiger partial charge in [-0.3, -0.25) is 4.79 Å². The molecule has 0 aliphatic carbocycles. The van der Waals surface area contributed by atoms with E-state index in [1.807, 2.05) is 30.3 Å². The van der Waals surface area contributed by atoms with E-state index >= 15 is 0 Å². The van der Waals surface area contributed by atoms with Crippen molar-refractivity contribution in [2.45, 2.75) is 12.1 Å². The topological polar surface area (TPSA) is 46.7 Å². The van der Waals surface area contributed by atoms with E-state index in [0.29, 0.717) is 11.6 Å². The molecular weight excluding hydrogens is 262 g/mol. The summed E-state index contributed by atoms with van der Waals surface area (Å²) in [6.07, 6.45) is 1.78. The molecule has 2 aromatic rings. The Bertz CT molecular complexity index is 663. The van der Waals surface area contributed by atoms with Gasteiger partial charge in [-0.1, -0.05) is 29.8 Å². The zero-order valence-electron chi connectivity index (χ0n) is 10.1. The molecule has 0 fully saturated rings. The van der Waals surface area contributed by atoms with E-state index in [2.05, 4.69) is 10.2 Å². The number of azo groups is 1. The van der Waals surface area contributed by atoms with Crippen LogP contribution in [0.5, 0.6) is 0 Å². The highest BCUT2D eigenvalue weighted by molar-refractivity contribution is 6.30.